The van der Waals surface area contributed by atoms with Crippen LogP contribution in [0.15, 0.2) is 29.9 Å². The van der Waals surface area contributed by atoms with E-state index in [0.29, 0.717) is 5.56 Å². The van der Waals surface area contributed by atoms with Crippen molar-refractivity contribution in [2.45, 2.75) is 0 Å². The molecule has 0 bridgehead atoms. The van der Waals surface area contributed by atoms with Gasteiger partial charge in [0.05, 0.1) is 20.3 Å². The van der Waals surface area contributed by atoms with E-state index >= 15 is 0 Å². The van der Waals surface area contributed by atoms with Crippen LogP contribution in [0.2, 0.25) is 0 Å². The van der Waals surface area contributed by atoms with Crippen molar-refractivity contribution < 1.29 is 9.18 Å². The topological polar surface area (TPSA) is 42.0 Å². The molecular formula is C10H6FIN2OS. The summed E-state index contributed by atoms with van der Waals surface area (Å²) in [5.74, 6) is -0.856. The average Bonchev–Trinajstić information content (AvgIpc) is 2.68. The lowest BCUT2D eigenvalue weighted by Crippen LogP contribution is -2.12. The monoisotopic (exact) mass is 348 g/mol. The molecule has 0 atom stereocenters. The predicted octanol–water partition coefficient (Wildman–Crippen LogP) is 3.14. The largest absolute Gasteiger partial charge is 0.319 e. The van der Waals surface area contributed by atoms with Crippen LogP contribution in [-0.2, 0) is 0 Å². The van der Waals surface area contributed by atoms with Crippen molar-refractivity contribution in [3.05, 3.63) is 44.2 Å². The molecule has 0 fully saturated rings. The average molecular weight is 348 g/mol. The lowest BCUT2D eigenvalue weighted by molar-refractivity contribution is 0.102. The zero-order valence-electron chi connectivity index (χ0n) is 7.91. The summed E-state index contributed by atoms with van der Waals surface area (Å²) in [5, 5.41) is 4.22. The van der Waals surface area contributed by atoms with E-state index in [1.54, 1.807) is 11.4 Å². The van der Waals surface area contributed by atoms with Crippen molar-refractivity contribution in [3.63, 3.8) is 0 Å². The molecule has 1 N–H and O–H groups in total. The molecule has 0 aliphatic carbocycles. The normalized spacial score (nSPS) is 10.1. The van der Waals surface area contributed by atoms with E-state index in [9.17, 15) is 9.18 Å². The van der Waals surface area contributed by atoms with Crippen LogP contribution in [0.3, 0.4) is 0 Å². The lowest BCUT2D eigenvalue weighted by Gasteiger charge is -2.03. The molecule has 1 amide bonds. The van der Waals surface area contributed by atoms with Gasteiger partial charge in [-0.25, -0.2) is 4.39 Å². The van der Waals surface area contributed by atoms with Gasteiger partial charge in [-0.2, -0.15) is 0 Å². The summed E-state index contributed by atoms with van der Waals surface area (Å²) < 4.78 is 14.2. The molecule has 0 saturated carbocycles. The minimum atomic E-state index is -0.541. The highest BCUT2D eigenvalue weighted by molar-refractivity contribution is 14.1. The van der Waals surface area contributed by atoms with Gasteiger partial charge in [0.2, 0.25) is 0 Å². The molecule has 2 rings (SSSR count). The van der Waals surface area contributed by atoms with Gasteiger partial charge in [0, 0.05) is 11.6 Å². The Hall–Kier alpha value is -1.02. The molecule has 0 radical (unpaired) electrons. The van der Waals surface area contributed by atoms with Crippen LogP contribution in [0, 0.1) is 8.70 Å². The van der Waals surface area contributed by atoms with Gasteiger partial charge in [-0.15, -0.1) is 11.3 Å². The first kappa shape index (κ1) is 11.5. The highest BCUT2D eigenvalue weighted by Crippen LogP contribution is 2.18. The number of halogens is 2. The zero-order valence-corrected chi connectivity index (χ0v) is 10.9. The summed E-state index contributed by atoms with van der Waals surface area (Å²) >= 11 is 3.59. The molecule has 82 valence electrons. The Labute approximate surface area is 109 Å². The van der Waals surface area contributed by atoms with Crippen molar-refractivity contribution in [2.75, 3.05) is 5.32 Å². The summed E-state index contributed by atoms with van der Waals surface area (Å²) in [6.07, 6.45) is 2.49. The third-order valence-electron chi connectivity index (χ3n) is 1.85. The summed E-state index contributed by atoms with van der Waals surface area (Å²) in [5.41, 5.74) is 0.673. The summed E-state index contributed by atoms with van der Waals surface area (Å²) in [7, 11) is 0. The van der Waals surface area contributed by atoms with Crippen molar-refractivity contribution in [1.29, 1.82) is 0 Å². The van der Waals surface area contributed by atoms with Gasteiger partial charge in [0.1, 0.15) is 0 Å². The van der Waals surface area contributed by atoms with E-state index in [4.69, 9.17) is 0 Å². The number of anilines is 1. The SMILES string of the molecule is O=C(Nc1ccncc1F)c1csc(I)c1. The first-order chi connectivity index (χ1) is 7.66. The van der Waals surface area contributed by atoms with Crippen molar-refractivity contribution in [3.8, 4) is 0 Å². The molecule has 3 nitrogen and oxygen atoms in total. The fourth-order valence-corrected chi connectivity index (χ4v) is 2.43. The third kappa shape index (κ3) is 2.56. The first-order valence-corrected chi connectivity index (χ1v) is 6.27. The second-order valence-electron chi connectivity index (χ2n) is 2.95. The number of aromatic nitrogens is 1. The van der Waals surface area contributed by atoms with E-state index in [-0.39, 0.29) is 11.6 Å². The molecule has 0 aliphatic heterocycles. The molecule has 0 unspecified atom stereocenters. The van der Waals surface area contributed by atoms with Crippen LogP contribution in [0.1, 0.15) is 10.4 Å². The number of hydrogen-bond acceptors (Lipinski definition) is 3. The van der Waals surface area contributed by atoms with E-state index in [2.05, 4.69) is 32.9 Å². The number of nitrogens with one attached hydrogen (secondary N) is 1. The van der Waals surface area contributed by atoms with E-state index in [1.807, 2.05) is 0 Å². The molecule has 16 heavy (non-hydrogen) atoms. The number of pyridine rings is 1. The van der Waals surface area contributed by atoms with E-state index < -0.39 is 5.82 Å². The molecule has 2 heterocycles. The predicted molar refractivity (Wildman–Crippen MR) is 69.2 cm³/mol. The van der Waals surface area contributed by atoms with Gasteiger partial charge in [0.15, 0.2) is 5.82 Å². The van der Waals surface area contributed by atoms with Crippen molar-refractivity contribution >= 4 is 45.5 Å². The van der Waals surface area contributed by atoms with Crippen LogP contribution in [0.4, 0.5) is 10.1 Å². The van der Waals surface area contributed by atoms with Gasteiger partial charge in [-0.05, 0) is 34.7 Å². The second kappa shape index (κ2) is 4.88. The lowest BCUT2D eigenvalue weighted by atomic mass is 10.3. The Balaban J connectivity index is 2.17. The summed E-state index contributed by atoms with van der Waals surface area (Å²) in [6.45, 7) is 0. The Bertz CT molecular complexity index is 529. The molecule has 6 heteroatoms. The number of carbonyl (C=O) groups excluding carboxylic acids is 1. The number of amides is 1. The Morgan fingerprint density at radius 2 is 2.38 bits per heavy atom. The molecule has 0 spiro atoms. The van der Waals surface area contributed by atoms with Gasteiger partial charge < -0.3 is 5.32 Å². The van der Waals surface area contributed by atoms with Crippen molar-refractivity contribution in [1.82, 2.24) is 4.98 Å². The second-order valence-corrected chi connectivity index (χ2v) is 5.75. The van der Waals surface area contributed by atoms with Crippen LogP contribution in [-0.4, -0.2) is 10.9 Å². The van der Waals surface area contributed by atoms with Gasteiger partial charge in [0.25, 0.3) is 5.91 Å². The molecular weight excluding hydrogens is 342 g/mol. The Kier molecular flexibility index (Phi) is 3.49. The van der Waals surface area contributed by atoms with Crippen LogP contribution >= 0.6 is 33.9 Å². The summed E-state index contributed by atoms with van der Waals surface area (Å²) in [6, 6.07) is 3.17. The smallest absolute Gasteiger partial charge is 0.256 e. The number of hydrogen-bond donors (Lipinski definition) is 1. The fourth-order valence-electron chi connectivity index (χ4n) is 1.10. The van der Waals surface area contributed by atoms with E-state index in [1.165, 1.54) is 23.6 Å². The minimum Gasteiger partial charge on any atom is -0.319 e. The maximum Gasteiger partial charge on any atom is 0.256 e. The highest BCUT2D eigenvalue weighted by atomic mass is 127. The number of nitrogens with zero attached hydrogens (tertiary/aromatic N) is 1. The highest BCUT2D eigenvalue weighted by Gasteiger charge is 2.10. The summed E-state index contributed by atoms with van der Waals surface area (Å²) in [4.78, 5) is 15.3. The standard InChI is InChI=1S/C10H6FIN2OS/c11-7-4-13-2-1-8(7)14-10(15)6-3-9(12)16-5-6/h1-5H,(H,13,14,15). The molecule has 0 saturated heterocycles. The quantitative estimate of drug-likeness (QED) is 0.848. The van der Waals surface area contributed by atoms with Crippen molar-refractivity contribution in [2.24, 2.45) is 0 Å². The minimum absolute atomic E-state index is 0.140. The Morgan fingerprint density at radius 1 is 1.56 bits per heavy atom. The van der Waals surface area contributed by atoms with Crippen LogP contribution in [0.25, 0.3) is 0 Å². The molecule has 0 aromatic carbocycles. The van der Waals surface area contributed by atoms with Gasteiger partial charge in [-0.3, -0.25) is 9.78 Å². The van der Waals surface area contributed by atoms with Gasteiger partial charge >= 0.3 is 0 Å². The molecule has 2 aromatic rings. The molecule has 0 aliphatic rings. The van der Waals surface area contributed by atoms with Crippen LogP contribution < -0.4 is 5.32 Å². The number of carbonyl (C=O) groups is 1. The zero-order chi connectivity index (χ0) is 11.5. The maximum atomic E-state index is 13.2. The number of thiophene rings is 1. The van der Waals surface area contributed by atoms with Gasteiger partial charge in [-0.1, -0.05) is 0 Å². The number of rotatable bonds is 2. The maximum absolute atomic E-state index is 13.2. The van der Waals surface area contributed by atoms with Crippen LogP contribution in [0.5, 0.6) is 0 Å². The Morgan fingerprint density at radius 3 is 3.00 bits per heavy atom. The first-order valence-electron chi connectivity index (χ1n) is 4.32. The third-order valence-corrected chi connectivity index (χ3v) is 3.64. The molecule has 2 aromatic heterocycles. The van der Waals surface area contributed by atoms with E-state index in [0.717, 1.165) is 9.08 Å². The fraction of sp³-hybridized carbons (Fsp3) is 0.